The molecule has 1 unspecified atom stereocenters. The van der Waals surface area contributed by atoms with Crippen LogP contribution in [0.5, 0.6) is 5.75 Å². The summed E-state index contributed by atoms with van der Waals surface area (Å²) in [5.74, 6) is 0.525. The van der Waals surface area contributed by atoms with Crippen molar-refractivity contribution in [3.63, 3.8) is 0 Å². The summed E-state index contributed by atoms with van der Waals surface area (Å²) in [6.07, 6.45) is 4.44. The van der Waals surface area contributed by atoms with Crippen LogP contribution in [0.3, 0.4) is 0 Å². The third-order valence-corrected chi connectivity index (χ3v) is 6.71. The molecule has 2 aromatic rings. The lowest BCUT2D eigenvalue weighted by Crippen LogP contribution is -2.41. The molecule has 0 aromatic heterocycles. The van der Waals surface area contributed by atoms with Gasteiger partial charge in [0.05, 0.1) is 29.8 Å². The summed E-state index contributed by atoms with van der Waals surface area (Å²) in [7, 11) is 0. The molecule has 2 aliphatic carbocycles. The quantitative estimate of drug-likeness (QED) is 0.584. The number of hydrogen-bond donors (Lipinski definition) is 0. The number of rotatable bonds is 8. The highest BCUT2D eigenvalue weighted by molar-refractivity contribution is 6.21. The van der Waals surface area contributed by atoms with Gasteiger partial charge >= 0.3 is 0 Å². The molecule has 32 heavy (non-hydrogen) atoms. The van der Waals surface area contributed by atoms with E-state index in [0.717, 1.165) is 18.4 Å². The lowest BCUT2D eigenvalue weighted by molar-refractivity contribution is 0.0639. The molecule has 6 nitrogen and oxygen atoms in total. The summed E-state index contributed by atoms with van der Waals surface area (Å²) in [6, 6.07) is 12.8. The molecule has 1 aliphatic heterocycles. The molecule has 5 rings (SSSR count). The number of ether oxygens (including phenoxy) is 1. The number of imide groups is 1. The molecule has 2 fully saturated rings. The Kier molecular flexibility index (Phi) is 5.24. The zero-order valence-electron chi connectivity index (χ0n) is 18.5. The molecular weight excluding hydrogens is 404 g/mol. The zero-order valence-corrected chi connectivity index (χ0v) is 18.5. The van der Waals surface area contributed by atoms with E-state index in [9.17, 15) is 14.4 Å². The zero-order chi connectivity index (χ0) is 22.4. The highest BCUT2D eigenvalue weighted by Gasteiger charge is 2.42. The minimum absolute atomic E-state index is 0.0143. The summed E-state index contributed by atoms with van der Waals surface area (Å²) in [6.45, 7) is 4.63. The van der Waals surface area contributed by atoms with E-state index in [4.69, 9.17) is 4.74 Å². The van der Waals surface area contributed by atoms with Gasteiger partial charge in [0.15, 0.2) is 0 Å². The first-order valence-electron chi connectivity index (χ1n) is 11.5. The molecule has 0 radical (unpaired) electrons. The normalized spacial score (nSPS) is 18.5. The van der Waals surface area contributed by atoms with Crippen molar-refractivity contribution >= 4 is 17.7 Å². The standard InChI is InChI=1S/C26H28N2O4/c1-3-32-23-13-8-17(15-27-24(29)20-6-4-5-7-21(20)25(27)30)14-22(23)26(31)28(19-11-12-19)16(2)18-9-10-18/h4-8,13-14,16,18-19H,3,9-12,15H2,1-2H3. The van der Waals surface area contributed by atoms with Crippen LogP contribution >= 0.6 is 0 Å². The molecule has 3 amide bonds. The summed E-state index contributed by atoms with van der Waals surface area (Å²) >= 11 is 0. The molecule has 6 heteroatoms. The van der Waals surface area contributed by atoms with Crippen molar-refractivity contribution < 1.29 is 19.1 Å². The van der Waals surface area contributed by atoms with Crippen molar-refractivity contribution in [2.24, 2.45) is 5.92 Å². The van der Waals surface area contributed by atoms with E-state index in [2.05, 4.69) is 6.92 Å². The van der Waals surface area contributed by atoms with E-state index in [1.54, 1.807) is 36.4 Å². The largest absolute Gasteiger partial charge is 0.493 e. The Morgan fingerprint density at radius 2 is 1.72 bits per heavy atom. The Bertz CT molecular complexity index is 1050. The smallest absolute Gasteiger partial charge is 0.261 e. The summed E-state index contributed by atoms with van der Waals surface area (Å²) in [5.41, 5.74) is 2.11. The topological polar surface area (TPSA) is 66.9 Å². The third kappa shape index (κ3) is 3.68. The monoisotopic (exact) mass is 432 g/mol. The predicted molar refractivity (Wildman–Crippen MR) is 120 cm³/mol. The summed E-state index contributed by atoms with van der Waals surface area (Å²) < 4.78 is 5.79. The molecule has 2 saturated carbocycles. The second-order valence-corrected chi connectivity index (χ2v) is 9.03. The molecule has 0 bridgehead atoms. The lowest BCUT2D eigenvalue weighted by atomic mass is 10.1. The Morgan fingerprint density at radius 1 is 1.06 bits per heavy atom. The van der Waals surface area contributed by atoms with Crippen LogP contribution < -0.4 is 4.74 Å². The van der Waals surface area contributed by atoms with Crippen LogP contribution in [0.2, 0.25) is 0 Å². The van der Waals surface area contributed by atoms with Crippen molar-refractivity contribution in [1.82, 2.24) is 9.80 Å². The number of carbonyl (C=O) groups excluding carboxylic acids is 3. The van der Waals surface area contributed by atoms with Crippen LogP contribution in [0.25, 0.3) is 0 Å². The fourth-order valence-corrected chi connectivity index (χ4v) is 4.67. The van der Waals surface area contributed by atoms with Crippen LogP contribution in [-0.4, -0.2) is 46.2 Å². The lowest BCUT2D eigenvalue weighted by Gasteiger charge is -2.30. The van der Waals surface area contributed by atoms with E-state index >= 15 is 0 Å². The van der Waals surface area contributed by atoms with Gasteiger partial charge < -0.3 is 9.64 Å². The molecule has 0 spiro atoms. The molecule has 2 aromatic carbocycles. The highest BCUT2D eigenvalue weighted by atomic mass is 16.5. The third-order valence-electron chi connectivity index (χ3n) is 6.71. The van der Waals surface area contributed by atoms with Crippen molar-refractivity contribution in [1.29, 1.82) is 0 Å². The second-order valence-electron chi connectivity index (χ2n) is 9.03. The highest BCUT2D eigenvalue weighted by Crippen LogP contribution is 2.41. The van der Waals surface area contributed by atoms with Crippen molar-refractivity contribution in [2.75, 3.05) is 6.61 Å². The van der Waals surface area contributed by atoms with Gasteiger partial charge in [0.2, 0.25) is 0 Å². The van der Waals surface area contributed by atoms with Gasteiger partial charge in [0.1, 0.15) is 5.75 Å². The van der Waals surface area contributed by atoms with Crippen LogP contribution in [-0.2, 0) is 6.54 Å². The second kappa shape index (κ2) is 8.08. The fraction of sp³-hybridized carbons (Fsp3) is 0.423. The van der Waals surface area contributed by atoms with E-state index in [1.807, 2.05) is 17.9 Å². The number of nitrogens with zero attached hydrogens (tertiary/aromatic N) is 2. The minimum Gasteiger partial charge on any atom is -0.493 e. The molecule has 0 saturated heterocycles. The van der Waals surface area contributed by atoms with Gasteiger partial charge in [-0.25, -0.2) is 0 Å². The van der Waals surface area contributed by atoms with Crippen LogP contribution in [0.15, 0.2) is 42.5 Å². The first kappa shape index (κ1) is 20.7. The van der Waals surface area contributed by atoms with Crippen molar-refractivity contribution in [2.45, 2.75) is 58.2 Å². The Hall–Kier alpha value is -3.15. The number of hydrogen-bond acceptors (Lipinski definition) is 4. The van der Waals surface area contributed by atoms with Crippen molar-refractivity contribution in [3.8, 4) is 5.75 Å². The molecule has 3 aliphatic rings. The number of fused-ring (bicyclic) bond motifs is 1. The van der Waals surface area contributed by atoms with Crippen LogP contribution in [0.1, 0.15) is 76.2 Å². The van der Waals surface area contributed by atoms with Gasteiger partial charge in [-0.15, -0.1) is 0 Å². The molecule has 1 heterocycles. The first-order valence-corrected chi connectivity index (χ1v) is 11.5. The van der Waals surface area contributed by atoms with E-state index in [-0.39, 0.29) is 30.3 Å². The average molecular weight is 433 g/mol. The van der Waals surface area contributed by atoms with Gasteiger partial charge in [-0.2, -0.15) is 0 Å². The maximum Gasteiger partial charge on any atom is 0.261 e. The Balaban J connectivity index is 1.44. The fourth-order valence-electron chi connectivity index (χ4n) is 4.67. The molecular formula is C26H28N2O4. The van der Waals surface area contributed by atoms with Gasteiger partial charge in [0.25, 0.3) is 17.7 Å². The minimum atomic E-state index is -0.297. The van der Waals surface area contributed by atoms with E-state index in [1.165, 1.54) is 17.7 Å². The summed E-state index contributed by atoms with van der Waals surface area (Å²) in [4.78, 5) is 42.5. The predicted octanol–water partition coefficient (Wildman–Crippen LogP) is 4.28. The van der Waals surface area contributed by atoms with Gasteiger partial charge in [-0.05, 0) is 75.3 Å². The van der Waals surface area contributed by atoms with Crippen LogP contribution in [0.4, 0.5) is 0 Å². The van der Waals surface area contributed by atoms with E-state index < -0.39 is 0 Å². The number of amides is 3. The van der Waals surface area contributed by atoms with Gasteiger partial charge in [0, 0.05) is 12.1 Å². The van der Waals surface area contributed by atoms with E-state index in [0.29, 0.717) is 41.0 Å². The number of carbonyl (C=O) groups is 3. The van der Waals surface area contributed by atoms with Crippen molar-refractivity contribution in [3.05, 3.63) is 64.7 Å². The maximum absolute atomic E-state index is 13.7. The number of benzene rings is 2. The molecule has 0 N–H and O–H groups in total. The molecule has 166 valence electrons. The molecule has 1 atom stereocenters. The Labute approximate surface area is 188 Å². The summed E-state index contributed by atoms with van der Waals surface area (Å²) in [5, 5.41) is 0. The van der Waals surface area contributed by atoms with Gasteiger partial charge in [-0.3, -0.25) is 19.3 Å². The Morgan fingerprint density at radius 3 is 2.28 bits per heavy atom. The maximum atomic E-state index is 13.7. The SMILES string of the molecule is CCOc1ccc(CN2C(=O)c3ccccc3C2=O)cc1C(=O)N(C1CC1)C(C)C1CC1. The average Bonchev–Trinajstić information content (AvgIpc) is 3.71. The van der Waals surface area contributed by atoms with Crippen LogP contribution in [0, 0.1) is 5.92 Å². The first-order chi connectivity index (χ1) is 15.5. The van der Waals surface area contributed by atoms with Gasteiger partial charge in [-0.1, -0.05) is 18.2 Å².